The lowest BCUT2D eigenvalue weighted by molar-refractivity contribution is 0.296. The molecule has 3 N–H and O–H groups in total. The summed E-state index contributed by atoms with van der Waals surface area (Å²) >= 11 is 5.92. The maximum atomic E-state index is 8.84. The lowest BCUT2D eigenvalue weighted by Crippen LogP contribution is -2.02. The summed E-state index contributed by atoms with van der Waals surface area (Å²) in [6.07, 6.45) is 0.447. The molecule has 2 aromatic heterocycles. The van der Waals surface area contributed by atoms with Crippen molar-refractivity contribution in [1.82, 2.24) is 9.38 Å². The van der Waals surface area contributed by atoms with Gasteiger partial charge in [0.05, 0.1) is 12.1 Å². The molecule has 0 unspecified atom stereocenters. The van der Waals surface area contributed by atoms with Gasteiger partial charge < -0.3 is 10.8 Å². The predicted molar refractivity (Wildman–Crippen MR) is 55.4 cm³/mol. The zero-order valence-electron chi connectivity index (χ0n) is 7.44. The Hall–Kier alpha value is -1.26. The topological polar surface area (TPSA) is 63.5 Å². The van der Waals surface area contributed by atoms with Crippen molar-refractivity contribution < 1.29 is 5.11 Å². The Kier molecular flexibility index (Phi) is 2.31. The number of anilines is 1. The van der Waals surface area contributed by atoms with Crippen LogP contribution in [-0.4, -0.2) is 21.1 Å². The Morgan fingerprint density at radius 2 is 2.29 bits per heavy atom. The summed E-state index contributed by atoms with van der Waals surface area (Å²) in [4.78, 5) is 4.13. The van der Waals surface area contributed by atoms with Gasteiger partial charge in [-0.2, -0.15) is 0 Å². The fourth-order valence-electron chi connectivity index (χ4n) is 1.46. The van der Waals surface area contributed by atoms with E-state index < -0.39 is 0 Å². The van der Waals surface area contributed by atoms with Gasteiger partial charge >= 0.3 is 0 Å². The number of imidazole rings is 1. The normalized spacial score (nSPS) is 11.0. The second-order valence-electron chi connectivity index (χ2n) is 2.96. The minimum Gasteiger partial charge on any atom is -0.396 e. The number of hydrogen-bond donors (Lipinski definition) is 2. The lowest BCUT2D eigenvalue weighted by Gasteiger charge is -2.02. The van der Waals surface area contributed by atoms with Crippen molar-refractivity contribution in [2.75, 3.05) is 12.3 Å². The molecule has 74 valence electrons. The molecule has 2 rings (SSSR count). The molecule has 0 aliphatic heterocycles. The van der Waals surface area contributed by atoms with Crippen molar-refractivity contribution in [2.45, 2.75) is 6.42 Å². The van der Waals surface area contributed by atoms with E-state index in [4.69, 9.17) is 22.4 Å². The maximum absolute atomic E-state index is 8.84. The summed E-state index contributed by atoms with van der Waals surface area (Å²) in [6.45, 7) is 0.0315. The van der Waals surface area contributed by atoms with E-state index >= 15 is 0 Å². The van der Waals surface area contributed by atoms with Gasteiger partial charge in [0.1, 0.15) is 11.6 Å². The molecule has 2 heterocycles. The number of aliphatic hydroxyl groups excluding tert-OH is 1. The number of aromatic nitrogens is 2. The van der Waals surface area contributed by atoms with E-state index in [2.05, 4.69) is 4.98 Å². The summed E-state index contributed by atoms with van der Waals surface area (Å²) in [5.41, 5.74) is 6.56. The average molecular weight is 212 g/mol. The van der Waals surface area contributed by atoms with Crippen LogP contribution in [0, 0.1) is 0 Å². The number of nitrogens with two attached hydrogens (primary N) is 1. The van der Waals surface area contributed by atoms with Crippen LogP contribution in [0.5, 0.6) is 0 Å². The van der Waals surface area contributed by atoms with Crippen molar-refractivity contribution in [3.8, 4) is 0 Å². The van der Waals surface area contributed by atoms with Gasteiger partial charge in [-0.15, -0.1) is 0 Å². The Morgan fingerprint density at radius 3 is 3.00 bits per heavy atom. The number of fused-ring (bicyclic) bond motifs is 1. The van der Waals surface area contributed by atoms with Crippen molar-refractivity contribution in [2.24, 2.45) is 0 Å². The van der Waals surface area contributed by atoms with Crippen molar-refractivity contribution in [1.29, 1.82) is 0 Å². The molecule has 14 heavy (non-hydrogen) atoms. The van der Waals surface area contributed by atoms with Crippen molar-refractivity contribution >= 4 is 22.9 Å². The van der Waals surface area contributed by atoms with Gasteiger partial charge in [0, 0.05) is 6.42 Å². The monoisotopic (exact) mass is 211 g/mol. The molecule has 0 aliphatic rings. The molecule has 0 amide bonds. The third kappa shape index (κ3) is 1.32. The summed E-state index contributed by atoms with van der Waals surface area (Å²) in [7, 11) is 0. The number of pyridine rings is 1. The predicted octanol–water partition coefficient (Wildman–Crippen LogP) is 1.10. The molecule has 0 radical (unpaired) electrons. The van der Waals surface area contributed by atoms with Crippen LogP contribution in [0.2, 0.25) is 5.15 Å². The van der Waals surface area contributed by atoms with Crippen LogP contribution in [-0.2, 0) is 6.42 Å². The molecular formula is C9H10ClN3O. The third-order valence-electron chi connectivity index (χ3n) is 2.05. The van der Waals surface area contributed by atoms with Gasteiger partial charge in [-0.05, 0) is 12.1 Å². The van der Waals surface area contributed by atoms with Crippen LogP contribution < -0.4 is 5.73 Å². The maximum Gasteiger partial charge on any atom is 0.155 e. The first-order chi connectivity index (χ1) is 6.74. The zero-order chi connectivity index (χ0) is 10.1. The van der Waals surface area contributed by atoms with Gasteiger partial charge in [-0.1, -0.05) is 17.7 Å². The second kappa shape index (κ2) is 3.48. The fraction of sp³-hybridized carbons (Fsp3) is 0.222. The van der Waals surface area contributed by atoms with Crippen LogP contribution in [0.25, 0.3) is 5.52 Å². The van der Waals surface area contributed by atoms with Gasteiger partial charge in [0.2, 0.25) is 0 Å². The molecule has 4 nitrogen and oxygen atoms in total. The standard InChI is InChI=1S/C9H10ClN3O/c10-9-6-2-1-3-7(11)13(6)8(12-9)4-5-14/h1-3,14H,4-5,11H2. The number of nitrogens with zero attached hydrogens (tertiary/aromatic N) is 2. The number of hydrogen-bond acceptors (Lipinski definition) is 3. The Morgan fingerprint density at radius 1 is 1.50 bits per heavy atom. The average Bonchev–Trinajstić information content (AvgIpc) is 2.46. The third-order valence-corrected chi connectivity index (χ3v) is 2.33. The van der Waals surface area contributed by atoms with E-state index in [1.807, 2.05) is 12.1 Å². The van der Waals surface area contributed by atoms with E-state index in [1.54, 1.807) is 10.5 Å². The minimum absolute atomic E-state index is 0.0315. The molecular weight excluding hydrogens is 202 g/mol. The van der Waals surface area contributed by atoms with Crippen LogP contribution in [0.1, 0.15) is 5.82 Å². The Labute approximate surface area is 85.9 Å². The number of nitrogen functional groups attached to an aromatic ring is 1. The molecule has 0 saturated heterocycles. The van der Waals surface area contributed by atoms with E-state index in [0.29, 0.717) is 23.2 Å². The number of aliphatic hydroxyl groups is 1. The highest BCUT2D eigenvalue weighted by Crippen LogP contribution is 2.21. The van der Waals surface area contributed by atoms with Crippen LogP contribution in [0.3, 0.4) is 0 Å². The van der Waals surface area contributed by atoms with Gasteiger partial charge in [0.25, 0.3) is 0 Å². The van der Waals surface area contributed by atoms with Crippen molar-refractivity contribution in [3.05, 3.63) is 29.2 Å². The van der Waals surface area contributed by atoms with Crippen LogP contribution >= 0.6 is 11.6 Å². The van der Waals surface area contributed by atoms with Gasteiger partial charge in [-0.3, -0.25) is 4.40 Å². The lowest BCUT2D eigenvalue weighted by atomic mass is 10.4. The molecule has 5 heteroatoms. The highest BCUT2D eigenvalue weighted by Gasteiger charge is 2.09. The molecule has 0 fully saturated rings. The Bertz CT molecular complexity index is 466. The minimum atomic E-state index is 0.0315. The van der Waals surface area contributed by atoms with E-state index in [-0.39, 0.29) is 6.61 Å². The molecule has 0 bridgehead atoms. The summed E-state index contributed by atoms with van der Waals surface area (Å²) in [6, 6.07) is 5.43. The van der Waals surface area contributed by atoms with Gasteiger partial charge in [0.15, 0.2) is 5.15 Å². The second-order valence-corrected chi connectivity index (χ2v) is 3.32. The highest BCUT2D eigenvalue weighted by molar-refractivity contribution is 6.32. The van der Waals surface area contributed by atoms with Crippen molar-refractivity contribution in [3.63, 3.8) is 0 Å². The SMILES string of the molecule is Nc1cccc2c(Cl)nc(CCO)n12. The van der Waals surface area contributed by atoms with E-state index in [1.165, 1.54) is 0 Å². The summed E-state index contributed by atoms with van der Waals surface area (Å²) in [5.74, 6) is 1.26. The first kappa shape index (κ1) is 9.30. The highest BCUT2D eigenvalue weighted by atomic mass is 35.5. The number of halogens is 1. The fourth-order valence-corrected chi connectivity index (χ4v) is 1.71. The quantitative estimate of drug-likeness (QED) is 0.782. The van der Waals surface area contributed by atoms with Crippen LogP contribution in [0.15, 0.2) is 18.2 Å². The molecule has 0 spiro atoms. The molecule has 2 aromatic rings. The van der Waals surface area contributed by atoms with E-state index in [9.17, 15) is 0 Å². The van der Waals surface area contributed by atoms with Gasteiger partial charge in [-0.25, -0.2) is 4.98 Å². The largest absolute Gasteiger partial charge is 0.396 e. The summed E-state index contributed by atoms with van der Waals surface area (Å²) in [5, 5.41) is 9.26. The number of rotatable bonds is 2. The first-order valence-electron chi connectivity index (χ1n) is 4.26. The molecule has 0 aliphatic carbocycles. The molecule has 0 saturated carbocycles. The van der Waals surface area contributed by atoms with Crippen LogP contribution in [0.4, 0.5) is 5.82 Å². The molecule has 0 aromatic carbocycles. The zero-order valence-corrected chi connectivity index (χ0v) is 8.20. The smallest absolute Gasteiger partial charge is 0.155 e. The first-order valence-corrected chi connectivity index (χ1v) is 4.64. The molecule has 0 atom stereocenters. The Balaban J connectivity index is 2.72. The van der Waals surface area contributed by atoms with E-state index in [0.717, 1.165) is 5.52 Å². The summed E-state index contributed by atoms with van der Waals surface area (Å²) < 4.78 is 1.75.